The summed E-state index contributed by atoms with van der Waals surface area (Å²) in [5.41, 5.74) is 0.862. The maximum Gasteiger partial charge on any atom is 0.231 e. The van der Waals surface area contributed by atoms with Crippen molar-refractivity contribution in [1.82, 2.24) is 0 Å². The van der Waals surface area contributed by atoms with Crippen LogP contribution in [0.4, 0.5) is 0 Å². The number of hydrogen-bond donors (Lipinski definition) is 0. The number of rotatable bonds is 5. The first kappa shape index (κ1) is 15.0. The Bertz CT molecular complexity index is 764. The third-order valence-corrected chi connectivity index (χ3v) is 4.77. The highest BCUT2D eigenvalue weighted by Gasteiger charge is 2.20. The van der Waals surface area contributed by atoms with Crippen molar-refractivity contribution < 1.29 is 14.2 Å². The zero-order valence-corrected chi connectivity index (χ0v) is 13.7. The molecule has 24 heavy (non-hydrogen) atoms. The van der Waals surface area contributed by atoms with Gasteiger partial charge in [-0.2, -0.15) is 0 Å². The van der Waals surface area contributed by atoms with Crippen molar-refractivity contribution >= 4 is 11.8 Å². The molecule has 0 saturated carbocycles. The fourth-order valence-electron chi connectivity index (χ4n) is 2.47. The molecule has 0 aromatic heterocycles. The minimum Gasteiger partial charge on any atom is -0.475 e. The van der Waals surface area contributed by atoms with Crippen LogP contribution in [0.5, 0.6) is 17.2 Å². The van der Waals surface area contributed by atoms with Gasteiger partial charge in [0.2, 0.25) is 6.79 Å². The fraction of sp³-hybridized carbons (Fsp3) is 0.100. The molecule has 1 aliphatic heterocycles. The molecule has 0 fully saturated rings. The molecular formula is C20H16O3S. The van der Waals surface area contributed by atoms with Gasteiger partial charge in [0.1, 0.15) is 5.75 Å². The summed E-state index contributed by atoms with van der Waals surface area (Å²) < 4.78 is 17.1. The summed E-state index contributed by atoms with van der Waals surface area (Å²) in [6, 6.07) is 26.0. The molecule has 4 rings (SSSR count). The second-order valence-corrected chi connectivity index (χ2v) is 6.44. The lowest BCUT2D eigenvalue weighted by atomic mass is 10.2. The van der Waals surface area contributed by atoms with E-state index in [0.29, 0.717) is 0 Å². The maximum atomic E-state index is 6.23. The fourth-order valence-corrected chi connectivity index (χ4v) is 3.47. The van der Waals surface area contributed by atoms with Gasteiger partial charge in [0.05, 0.1) is 0 Å². The molecule has 3 aromatic rings. The van der Waals surface area contributed by atoms with Crippen molar-refractivity contribution in [3.05, 3.63) is 84.4 Å². The second kappa shape index (κ2) is 6.89. The Labute approximate surface area is 145 Å². The van der Waals surface area contributed by atoms with Crippen LogP contribution in [0.25, 0.3) is 0 Å². The first-order valence-corrected chi connectivity index (χ1v) is 8.59. The van der Waals surface area contributed by atoms with E-state index >= 15 is 0 Å². The number of thioether (sulfide) groups is 1. The van der Waals surface area contributed by atoms with Crippen molar-refractivity contribution in [2.45, 2.75) is 10.3 Å². The smallest absolute Gasteiger partial charge is 0.231 e. The molecule has 1 unspecified atom stereocenters. The number of para-hydroxylation sites is 1. The van der Waals surface area contributed by atoms with Crippen LogP contribution in [-0.4, -0.2) is 6.79 Å². The number of ether oxygens (including phenoxy) is 3. The highest BCUT2D eigenvalue weighted by molar-refractivity contribution is 7.99. The Morgan fingerprint density at radius 1 is 0.792 bits per heavy atom. The van der Waals surface area contributed by atoms with E-state index in [1.54, 1.807) is 11.8 Å². The average Bonchev–Trinajstić information content (AvgIpc) is 3.11. The topological polar surface area (TPSA) is 27.7 Å². The van der Waals surface area contributed by atoms with Crippen LogP contribution in [0.2, 0.25) is 0 Å². The Kier molecular flexibility index (Phi) is 4.30. The summed E-state index contributed by atoms with van der Waals surface area (Å²) >= 11 is 1.66. The van der Waals surface area contributed by atoms with Crippen LogP contribution in [0.1, 0.15) is 11.0 Å². The van der Waals surface area contributed by atoms with Crippen molar-refractivity contribution in [3.63, 3.8) is 0 Å². The van der Waals surface area contributed by atoms with Gasteiger partial charge in [-0.25, -0.2) is 0 Å². The molecule has 1 atom stereocenters. The summed E-state index contributed by atoms with van der Waals surface area (Å²) in [6.45, 7) is 0.273. The summed E-state index contributed by atoms with van der Waals surface area (Å²) in [5.74, 6) is 2.38. The molecule has 0 spiro atoms. The lowest BCUT2D eigenvalue weighted by Crippen LogP contribution is -2.03. The second-order valence-electron chi connectivity index (χ2n) is 5.31. The van der Waals surface area contributed by atoms with Crippen LogP contribution in [-0.2, 0) is 0 Å². The molecule has 1 aliphatic rings. The van der Waals surface area contributed by atoms with Crippen molar-refractivity contribution in [2.24, 2.45) is 0 Å². The Morgan fingerprint density at radius 3 is 2.29 bits per heavy atom. The van der Waals surface area contributed by atoms with Gasteiger partial charge in [-0.3, -0.25) is 0 Å². The predicted molar refractivity (Wildman–Crippen MR) is 94.7 cm³/mol. The highest BCUT2D eigenvalue weighted by atomic mass is 32.2. The number of benzene rings is 3. The third-order valence-electron chi connectivity index (χ3n) is 3.64. The van der Waals surface area contributed by atoms with Crippen molar-refractivity contribution in [2.75, 3.05) is 6.79 Å². The quantitative estimate of drug-likeness (QED) is 0.468. The molecule has 0 aliphatic carbocycles. The summed E-state index contributed by atoms with van der Waals surface area (Å²) in [6.07, 6.45) is 0. The lowest BCUT2D eigenvalue weighted by molar-refractivity contribution is 0.174. The van der Waals surface area contributed by atoms with Gasteiger partial charge in [-0.1, -0.05) is 54.2 Å². The molecule has 0 amide bonds. The SMILES string of the molecule is c1ccc(OC(Sc2ccccc2)c2ccc3c(c2)OCO3)cc1. The minimum absolute atomic E-state index is 0.177. The molecule has 3 nitrogen and oxygen atoms in total. The largest absolute Gasteiger partial charge is 0.475 e. The minimum atomic E-state index is -0.177. The van der Waals surface area contributed by atoms with E-state index < -0.39 is 0 Å². The lowest BCUT2D eigenvalue weighted by Gasteiger charge is -2.19. The van der Waals surface area contributed by atoms with E-state index in [-0.39, 0.29) is 12.2 Å². The Morgan fingerprint density at radius 2 is 1.50 bits per heavy atom. The first-order valence-electron chi connectivity index (χ1n) is 7.71. The van der Waals surface area contributed by atoms with Crippen LogP contribution >= 0.6 is 11.8 Å². The third kappa shape index (κ3) is 3.34. The van der Waals surface area contributed by atoms with Gasteiger partial charge < -0.3 is 14.2 Å². The van der Waals surface area contributed by atoms with Gasteiger partial charge in [-0.05, 0) is 36.4 Å². The zero-order chi connectivity index (χ0) is 16.2. The van der Waals surface area contributed by atoms with Gasteiger partial charge in [0, 0.05) is 10.5 Å². The zero-order valence-electron chi connectivity index (χ0n) is 12.9. The molecular weight excluding hydrogens is 320 g/mol. The van der Waals surface area contributed by atoms with Crippen molar-refractivity contribution in [1.29, 1.82) is 0 Å². The van der Waals surface area contributed by atoms with Gasteiger partial charge in [0.15, 0.2) is 16.9 Å². The molecule has 0 saturated heterocycles. The van der Waals surface area contributed by atoms with E-state index in [1.165, 1.54) is 0 Å². The van der Waals surface area contributed by atoms with Gasteiger partial charge >= 0.3 is 0 Å². The van der Waals surface area contributed by atoms with E-state index in [0.717, 1.165) is 27.7 Å². The molecule has 0 radical (unpaired) electrons. The van der Waals surface area contributed by atoms with Crippen LogP contribution in [0.15, 0.2) is 83.8 Å². The normalized spacial score (nSPS) is 13.5. The Hall–Kier alpha value is -2.59. The van der Waals surface area contributed by atoms with E-state index in [1.807, 2.05) is 66.7 Å². The molecule has 0 bridgehead atoms. The van der Waals surface area contributed by atoms with Crippen LogP contribution in [0, 0.1) is 0 Å². The monoisotopic (exact) mass is 336 g/mol. The number of fused-ring (bicyclic) bond motifs is 1. The predicted octanol–water partition coefficient (Wildman–Crippen LogP) is 5.29. The Balaban J connectivity index is 1.64. The first-order chi connectivity index (χ1) is 11.9. The van der Waals surface area contributed by atoms with Crippen LogP contribution < -0.4 is 14.2 Å². The summed E-state index contributed by atoms with van der Waals surface area (Å²) in [4.78, 5) is 1.15. The standard InChI is InChI=1S/C20H16O3S/c1-3-7-16(8-4-1)23-20(24-17-9-5-2-6-10-17)15-11-12-18-19(13-15)22-14-21-18/h1-13,20H,14H2. The van der Waals surface area contributed by atoms with Crippen LogP contribution in [0.3, 0.4) is 0 Å². The number of hydrogen-bond acceptors (Lipinski definition) is 4. The molecule has 4 heteroatoms. The van der Waals surface area contributed by atoms with E-state index in [4.69, 9.17) is 14.2 Å². The summed E-state index contributed by atoms with van der Waals surface area (Å²) in [7, 11) is 0. The molecule has 120 valence electrons. The van der Waals surface area contributed by atoms with E-state index in [2.05, 4.69) is 12.1 Å². The molecule has 1 heterocycles. The molecule has 0 N–H and O–H groups in total. The summed E-state index contributed by atoms with van der Waals surface area (Å²) in [5, 5.41) is 0. The van der Waals surface area contributed by atoms with Crippen molar-refractivity contribution in [3.8, 4) is 17.2 Å². The van der Waals surface area contributed by atoms with E-state index in [9.17, 15) is 0 Å². The molecule has 3 aromatic carbocycles. The average molecular weight is 336 g/mol. The highest BCUT2D eigenvalue weighted by Crippen LogP contribution is 2.41. The van der Waals surface area contributed by atoms with Gasteiger partial charge in [0.25, 0.3) is 0 Å². The maximum absolute atomic E-state index is 6.23. The van der Waals surface area contributed by atoms with Gasteiger partial charge in [-0.15, -0.1) is 0 Å².